The summed E-state index contributed by atoms with van der Waals surface area (Å²) in [6.07, 6.45) is 2.93. The number of hydrogen-bond acceptors (Lipinski definition) is 5. The average Bonchev–Trinajstić information content (AvgIpc) is 2.75. The Morgan fingerprint density at radius 3 is 2.88 bits per heavy atom. The SMILES string of the molecule is CCCCC(C(=O)OC)C(O)c1ncc(Cl)s1. The lowest BCUT2D eigenvalue weighted by Crippen LogP contribution is -2.23. The first-order valence-corrected chi connectivity index (χ1v) is 6.66. The van der Waals surface area contributed by atoms with Gasteiger partial charge in [0.15, 0.2) is 0 Å². The second kappa shape index (κ2) is 6.93. The zero-order valence-corrected chi connectivity index (χ0v) is 11.4. The summed E-state index contributed by atoms with van der Waals surface area (Å²) >= 11 is 6.94. The summed E-state index contributed by atoms with van der Waals surface area (Å²) in [6, 6.07) is 0. The highest BCUT2D eigenvalue weighted by molar-refractivity contribution is 7.15. The predicted octanol–water partition coefficient (Wildman–Crippen LogP) is 2.81. The minimum Gasteiger partial charge on any atom is -0.469 e. The summed E-state index contributed by atoms with van der Waals surface area (Å²) in [5.41, 5.74) is 0. The van der Waals surface area contributed by atoms with Gasteiger partial charge >= 0.3 is 5.97 Å². The summed E-state index contributed by atoms with van der Waals surface area (Å²) in [7, 11) is 1.32. The first kappa shape index (κ1) is 14.4. The van der Waals surface area contributed by atoms with Crippen LogP contribution < -0.4 is 0 Å². The summed E-state index contributed by atoms with van der Waals surface area (Å²) < 4.78 is 5.20. The third-order valence-electron chi connectivity index (χ3n) is 2.50. The Bertz CT molecular complexity index is 369. The number of thiazole rings is 1. The van der Waals surface area contributed by atoms with E-state index in [1.54, 1.807) is 0 Å². The molecule has 0 aliphatic heterocycles. The number of rotatable bonds is 6. The van der Waals surface area contributed by atoms with Crippen molar-refractivity contribution < 1.29 is 14.6 Å². The van der Waals surface area contributed by atoms with Crippen LogP contribution >= 0.6 is 22.9 Å². The number of aliphatic hydroxyl groups excluding tert-OH is 1. The van der Waals surface area contributed by atoms with Crippen molar-refractivity contribution in [2.75, 3.05) is 7.11 Å². The maximum Gasteiger partial charge on any atom is 0.311 e. The first-order valence-electron chi connectivity index (χ1n) is 5.47. The van der Waals surface area contributed by atoms with E-state index in [0.29, 0.717) is 15.8 Å². The Labute approximate surface area is 110 Å². The number of hydrogen-bond donors (Lipinski definition) is 1. The molecule has 96 valence electrons. The van der Waals surface area contributed by atoms with Gasteiger partial charge in [-0.25, -0.2) is 4.98 Å². The van der Waals surface area contributed by atoms with Gasteiger partial charge in [0.05, 0.1) is 19.2 Å². The van der Waals surface area contributed by atoms with Crippen molar-refractivity contribution >= 4 is 28.9 Å². The molecule has 0 saturated heterocycles. The fourth-order valence-electron chi connectivity index (χ4n) is 1.56. The molecule has 6 heteroatoms. The van der Waals surface area contributed by atoms with Crippen LogP contribution in [0.1, 0.15) is 37.3 Å². The zero-order chi connectivity index (χ0) is 12.8. The molecule has 1 aromatic heterocycles. The van der Waals surface area contributed by atoms with Crippen molar-refractivity contribution in [1.29, 1.82) is 0 Å². The number of esters is 1. The molecule has 4 nitrogen and oxygen atoms in total. The highest BCUT2D eigenvalue weighted by Gasteiger charge is 2.30. The smallest absolute Gasteiger partial charge is 0.311 e. The van der Waals surface area contributed by atoms with Crippen molar-refractivity contribution in [2.24, 2.45) is 5.92 Å². The largest absolute Gasteiger partial charge is 0.469 e. The Hall–Kier alpha value is -0.650. The van der Waals surface area contributed by atoms with Crippen LogP contribution in [0.4, 0.5) is 0 Å². The number of unbranched alkanes of at least 4 members (excludes halogenated alkanes) is 1. The Morgan fingerprint density at radius 2 is 2.41 bits per heavy atom. The predicted molar refractivity (Wildman–Crippen MR) is 67.1 cm³/mol. The zero-order valence-electron chi connectivity index (χ0n) is 9.85. The second-order valence-electron chi connectivity index (χ2n) is 3.72. The van der Waals surface area contributed by atoms with Crippen LogP contribution in [0.25, 0.3) is 0 Å². The van der Waals surface area contributed by atoms with Gasteiger partial charge in [0.1, 0.15) is 15.4 Å². The van der Waals surface area contributed by atoms with Crippen LogP contribution in [-0.2, 0) is 9.53 Å². The monoisotopic (exact) mass is 277 g/mol. The van der Waals surface area contributed by atoms with E-state index in [1.807, 2.05) is 6.92 Å². The molecule has 1 N–H and O–H groups in total. The van der Waals surface area contributed by atoms with Crippen LogP contribution in [0.2, 0.25) is 4.34 Å². The third-order valence-corrected chi connectivity index (χ3v) is 3.69. The Kier molecular flexibility index (Phi) is 5.88. The summed E-state index contributed by atoms with van der Waals surface area (Å²) in [4.78, 5) is 15.6. The van der Waals surface area contributed by atoms with Crippen molar-refractivity contribution in [1.82, 2.24) is 4.98 Å². The van der Waals surface area contributed by atoms with Gasteiger partial charge in [-0.05, 0) is 6.42 Å². The third kappa shape index (κ3) is 3.94. The second-order valence-corrected chi connectivity index (χ2v) is 5.41. The molecule has 0 radical (unpaired) electrons. The van der Waals surface area contributed by atoms with Crippen LogP contribution in [0.15, 0.2) is 6.20 Å². The summed E-state index contributed by atoms with van der Waals surface area (Å²) in [5, 5.41) is 10.6. The molecule has 0 aliphatic carbocycles. The van der Waals surface area contributed by atoms with E-state index in [-0.39, 0.29) is 0 Å². The van der Waals surface area contributed by atoms with E-state index in [9.17, 15) is 9.90 Å². The molecule has 0 aliphatic rings. The minimum atomic E-state index is -0.938. The number of ether oxygens (including phenoxy) is 1. The number of nitrogens with zero attached hydrogens (tertiary/aromatic N) is 1. The Morgan fingerprint density at radius 1 is 1.71 bits per heavy atom. The molecule has 0 saturated carbocycles. The highest BCUT2D eigenvalue weighted by atomic mass is 35.5. The molecule has 0 bridgehead atoms. The first-order chi connectivity index (χ1) is 8.10. The molecule has 17 heavy (non-hydrogen) atoms. The molecule has 1 aromatic rings. The van der Waals surface area contributed by atoms with E-state index in [1.165, 1.54) is 24.6 Å². The maximum absolute atomic E-state index is 11.6. The molecule has 0 spiro atoms. The maximum atomic E-state index is 11.6. The lowest BCUT2D eigenvalue weighted by molar-refractivity contribution is -0.150. The van der Waals surface area contributed by atoms with E-state index in [2.05, 4.69) is 4.98 Å². The van der Waals surface area contributed by atoms with Crippen molar-refractivity contribution in [3.63, 3.8) is 0 Å². The minimum absolute atomic E-state index is 0.405. The summed E-state index contributed by atoms with van der Waals surface area (Å²) in [5.74, 6) is -0.973. The van der Waals surface area contributed by atoms with Crippen LogP contribution in [0, 0.1) is 5.92 Å². The van der Waals surface area contributed by atoms with Crippen molar-refractivity contribution in [3.8, 4) is 0 Å². The van der Waals surface area contributed by atoms with E-state index >= 15 is 0 Å². The number of aliphatic hydroxyl groups is 1. The molecule has 2 unspecified atom stereocenters. The molecule has 2 atom stereocenters. The number of carbonyl (C=O) groups is 1. The molecule has 0 amide bonds. The van der Waals surface area contributed by atoms with Gasteiger partial charge in [0.25, 0.3) is 0 Å². The van der Waals surface area contributed by atoms with Gasteiger partial charge in [-0.2, -0.15) is 0 Å². The molecule has 1 heterocycles. The fourth-order valence-corrected chi connectivity index (χ4v) is 2.54. The van der Waals surface area contributed by atoms with Crippen LogP contribution in [-0.4, -0.2) is 23.2 Å². The quantitative estimate of drug-likeness (QED) is 0.813. The topological polar surface area (TPSA) is 59.4 Å². The van der Waals surface area contributed by atoms with Gasteiger partial charge in [0.2, 0.25) is 0 Å². The normalized spacial score (nSPS) is 14.4. The summed E-state index contributed by atoms with van der Waals surface area (Å²) in [6.45, 7) is 2.03. The van der Waals surface area contributed by atoms with E-state index < -0.39 is 18.0 Å². The van der Waals surface area contributed by atoms with Gasteiger partial charge in [-0.1, -0.05) is 31.4 Å². The number of carbonyl (C=O) groups excluding carboxylic acids is 1. The van der Waals surface area contributed by atoms with E-state index in [0.717, 1.165) is 12.8 Å². The lowest BCUT2D eigenvalue weighted by atomic mass is 9.96. The lowest BCUT2D eigenvalue weighted by Gasteiger charge is -2.18. The van der Waals surface area contributed by atoms with E-state index in [4.69, 9.17) is 16.3 Å². The van der Waals surface area contributed by atoms with Gasteiger partial charge < -0.3 is 9.84 Å². The number of halogens is 1. The van der Waals surface area contributed by atoms with Gasteiger partial charge in [-0.15, -0.1) is 11.3 Å². The average molecular weight is 278 g/mol. The van der Waals surface area contributed by atoms with Gasteiger partial charge in [0, 0.05) is 0 Å². The Balaban J connectivity index is 2.78. The highest BCUT2D eigenvalue weighted by Crippen LogP contribution is 2.31. The molecule has 0 fully saturated rings. The fraction of sp³-hybridized carbons (Fsp3) is 0.636. The molecular formula is C11H16ClNO3S. The van der Waals surface area contributed by atoms with Crippen molar-refractivity contribution in [2.45, 2.75) is 32.3 Å². The van der Waals surface area contributed by atoms with Crippen molar-refractivity contribution in [3.05, 3.63) is 15.5 Å². The molecule has 0 aromatic carbocycles. The van der Waals surface area contributed by atoms with Gasteiger partial charge in [-0.3, -0.25) is 4.79 Å². The number of aromatic nitrogens is 1. The standard InChI is InChI=1S/C11H16ClNO3S/c1-3-4-5-7(11(15)16-2)9(14)10-13-6-8(12)17-10/h6-7,9,14H,3-5H2,1-2H3. The van der Waals surface area contributed by atoms with Crippen LogP contribution in [0.3, 0.4) is 0 Å². The molecular weight excluding hydrogens is 262 g/mol. The molecule has 1 rings (SSSR count). The van der Waals surface area contributed by atoms with Crippen LogP contribution in [0.5, 0.6) is 0 Å². The number of methoxy groups -OCH3 is 1.